The van der Waals surface area contributed by atoms with E-state index in [-0.39, 0.29) is 5.56 Å². The molecule has 6 nitrogen and oxygen atoms in total. The van der Waals surface area contributed by atoms with Crippen LogP contribution in [-0.4, -0.2) is 63.9 Å². The summed E-state index contributed by atoms with van der Waals surface area (Å²) < 4.78 is 3.66. The van der Waals surface area contributed by atoms with Crippen molar-refractivity contribution in [1.29, 1.82) is 0 Å². The molecule has 0 atom stereocenters. The molecule has 2 aromatic heterocycles. The highest BCUT2D eigenvalue weighted by molar-refractivity contribution is 5.88. The molecule has 180 valence electrons. The Morgan fingerprint density at radius 2 is 1.91 bits per heavy atom. The van der Waals surface area contributed by atoms with Gasteiger partial charge in [0.05, 0.1) is 23.7 Å². The summed E-state index contributed by atoms with van der Waals surface area (Å²) in [5, 5.41) is 6.03. The maximum absolute atomic E-state index is 13.4. The summed E-state index contributed by atoms with van der Waals surface area (Å²) in [6.45, 7) is 12.0. The van der Waals surface area contributed by atoms with E-state index < -0.39 is 0 Å². The van der Waals surface area contributed by atoms with Gasteiger partial charge in [-0.25, -0.2) is 0 Å². The number of piperazine rings is 1. The number of aromatic nitrogens is 3. The van der Waals surface area contributed by atoms with Crippen LogP contribution in [-0.2, 0) is 13.0 Å². The number of benzene rings is 1. The zero-order valence-electron chi connectivity index (χ0n) is 20.7. The third kappa shape index (κ3) is 6.07. The Balaban J connectivity index is 1.57. The van der Waals surface area contributed by atoms with E-state index in [0.29, 0.717) is 5.39 Å². The molecule has 1 aliphatic rings. The van der Waals surface area contributed by atoms with E-state index >= 15 is 0 Å². The van der Waals surface area contributed by atoms with Crippen LogP contribution in [0, 0.1) is 11.8 Å². The maximum atomic E-state index is 13.4. The largest absolute Gasteiger partial charge is 0.304 e. The van der Waals surface area contributed by atoms with E-state index in [4.69, 9.17) is 0 Å². The molecule has 0 aliphatic carbocycles. The van der Waals surface area contributed by atoms with Gasteiger partial charge in [0, 0.05) is 56.4 Å². The highest BCUT2D eigenvalue weighted by Crippen LogP contribution is 2.17. The van der Waals surface area contributed by atoms with Crippen LogP contribution >= 0.6 is 0 Å². The lowest BCUT2D eigenvalue weighted by Gasteiger charge is -2.32. The zero-order chi connectivity index (χ0) is 24.6. The van der Waals surface area contributed by atoms with Gasteiger partial charge in [-0.05, 0) is 37.1 Å². The van der Waals surface area contributed by atoms with Crippen LogP contribution in [0.4, 0.5) is 0 Å². The lowest BCUT2D eigenvalue weighted by molar-refractivity contribution is 0.149. The Bertz CT molecular complexity index is 1360. The summed E-state index contributed by atoms with van der Waals surface area (Å²) in [6, 6.07) is 7.91. The summed E-state index contributed by atoms with van der Waals surface area (Å²) in [6.07, 6.45) is 13.6. The number of hydrogen-bond donors (Lipinski definition) is 0. The van der Waals surface area contributed by atoms with Crippen LogP contribution < -0.4 is 5.56 Å². The number of aryl methyl sites for hydroxylation is 1. The predicted molar refractivity (Wildman–Crippen MR) is 144 cm³/mol. The van der Waals surface area contributed by atoms with E-state index in [2.05, 4.69) is 53.4 Å². The number of hydrogen-bond acceptors (Lipinski definition) is 4. The second-order valence-corrected chi connectivity index (χ2v) is 8.78. The fraction of sp³-hybridized carbons (Fsp3) is 0.310. The molecule has 1 aliphatic heterocycles. The number of rotatable bonds is 7. The summed E-state index contributed by atoms with van der Waals surface area (Å²) >= 11 is 0. The Labute approximate surface area is 207 Å². The molecule has 1 aromatic carbocycles. The highest BCUT2D eigenvalue weighted by atomic mass is 16.1. The first-order valence-corrected chi connectivity index (χ1v) is 12.2. The standard InChI is InChI=1S/C29H33N5O/c1-4-6-7-8-14-34-27(5-2)21-26-11-9-10-25(28(26)29(34)35)13-12-24-22-30-33(23-24)20-19-32-17-15-31(3)16-18-32/h4,6-11,14,21-23H,1,5,15-20H2,2-3H3/b7-6-,14-8+. The van der Waals surface area contributed by atoms with Crippen LogP contribution in [0.25, 0.3) is 17.0 Å². The molecular weight excluding hydrogens is 434 g/mol. The number of pyridine rings is 1. The molecular formula is C29H33N5O. The van der Waals surface area contributed by atoms with Crippen LogP contribution in [0.3, 0.4) is 0 Å². The fourth-order valence-corrected chi connectivity index (χ4v) is 4.25. The van der Waals surface area contributed by atoms with Crippen molar-refractivity contribution in [1.82, 2.24) is 24.1 Å². The van der Waals surface area contributed by atoms with Crippen molar-refractivity contribution in [3.8, 4) is 11.8 Å². The molecule has 4 rings (SSSR count). The van der Waals surface area contributed by atoms with Crippen molar-refractivity contribution >= 4 is 17.0 Å². The first-order valence-electron chi connectivity index (χ1n) is 12.2. The first-order chi connectivity index (χ1) is 17.1. The maximum Gasteiger partial charge on any atom is 0.263 e. The van der Waals surface area contributed by atoms with Gasteiger partial charge in [-0.1, -0.05) is 55.7 Å². The quantitative estimate of drug-likeness (QED) is 0.393. The minimum Gasteiger partial charge on any atom is -0.304 e. The smallest absolute Gasteiger partial charge is 0.263 e. The van der Waals surface area contributed by atoms with E-state index in [1.165, 1.54) is 0 Å². The molecule has 0 saturated carbocycles. The number of allylic oxidation sites excluding steroid dienone is 4. The Kier molecular flexibility index (Phi) is 8.15. The van der Waals surface area contributed by atoms with Gasteiger partial charge >= 0.3 is 0 Å². The molecule has 0 radical (unpaired) electrons. The third-order valence-electron chi connectivity index (χ3n) is 6.33. The van der Waals surface area contributed by atoms with Crippen molar-refractivity contribution in [2.24, 2.45) is 0 Å². The molecule has 0 N–H and O–H groups in total. The Hall–Kier alpha value is -3.66. The van der Waals surface area contributed by atoms with Gasteiger partial charge in [0.2, 0.25) is 0 Å². The van der Waals surface area contributed by atoms with Crippen LogP contribution in [0.1, 0.15) is 23.7 Å². The lowest BCUT2D eigenvalue weighted by Crippen LogP contribution is -2.45. The second kappa shape index (κ2) is 11.7. The van der Waals surface area contributed by atoms with Crippen LogP contribution in [0.15, 0.2) is 72.3 Å². The SMILES string of the molecule is C=C/C=C\C=C\n1c(CC)cc2cccc(C#Cc3cnn(CCN4CCN(C)CC4)c3)c2c1=O. The molecule has 35 heavy (non-hydrogen) atoms. The molecule has 6 heteroatoms. The molecule has 1 fully saturated rings. The second-order valence-electron chi connectivity index (χ2n) is 8.78. The molecule has 3 heterocycles. The van der Waals surface area contributed by atoms with Crippen molar-refractivity contribution in [3.63, 3.8) is 0 Å². The first kappa shape index (κ1) is 24.5. The van der Waals surface area contributed by atoms with Crippen molar-refractivity contribution in [2.75, 3.05) is 39.8 Å². The number of likely N-dealkylation sites (N-methyl/N-ethyl adjacent to an activating group) is 1. The minimum absolute atomic E-state index is 0.0598. The monoisotopic (exact) mass is 467 g/mol. The molecule has 3 aromatic rings. The average Bonchev–Trinajstić information content (AvgIpc) is 3.33. The van der Waals surface area contributed by atoms with E-state index in [0.717, 1.165) is 67.9 Å². The zero-order valence-corrected chi connectivity index (χ0v) is 20.7. The van der Waals surface area contributed by atoms with Crippen molar-refractivity contribution < 1.29 is 0 Å². The average molecular weight is 468 g/mol. The van der Waals surface area contributed by atoms with Gasteiger partial charge in [0.15, 0.2) is 0 Å². The molecule has 1 saturated heterocycles. The van der Waals surface area contributed by atoms with Gasteiger partial charge in [-0.3, -0.25) is 18.9 Å². The summed E-state index contributed by atoms with van der Waals surface area (Å²) in [4.78, 5) is 18.3. The molecule has 0 bridgehead atoms. The number of fused-ring (bicyclic) bond motifs is 1. The topological polar surface area (TPSA) is 46.3 Å². The van der Waals surface area contributed by atoms with Crippen molar-refractivity contribution in [3.05, 3.63) is 94.7 Å². The minimum atomic E-state index is -0.0598. The van der Waals surface area contributed by atoms with Gasteiger partial charge in [-0.15, -0.1) is 0 Å². The fourth-order valence-electron chi connectivity index (χ4n) is 4.25. The summed E-state index contributed by atoms with van der Waals surface area (Å²) in [5.74, 6) is 6.44. The van der Waals surface area contributed by atoms with Gasteiger partial charge in [-0.2, -0.15) is 5.10 Å². The molecule has 0 unspecified atom stereocenters. The Morgan fingerprint density at radius 3 is 2.69 bits per heavy atom. The summed E-state index contributed by atoms with van der Waals surface area (Å²) in [5.41, 5.74) is 2.47. The van der Waals surface area contributed by atoms with Crippen LogP contribution in [0.2, 0.25) is 0 Å². The van der Waals surface area contributed by atoms with Crippen molar-refractivity contribution in [2.45, 2.75) is 19.9 Å². The third-order valence-corrected chi connectivity index (χ3v) is 6.33. The van der Waals surface area contributed by atoms with Gasteiger partial charge < -0.3 is 4.90 Å². The highest BCUT2D eigenvalue weighted by Gasteiger charge is 2.13. The molecule has 0 spiro atoms. The molecule has 0 amide bonds. The van der Waals surface area contributed by atoms with Crippen LogP contribution in [0.5, 0.6) is 0 Å². The predicted octanol–water partition coefficient (Wildman–Crippen LogP) is 3.62. The van der Waals surface area contributed by atoms with E-state index in [9.17, 15) is 4.79 Å². The lowest BCUT2D eigenvalue weighted by atomic mass is 10.0. The number of nitrogens with zero attached hydrogens (tertiary/aromatic N) is 5. The normalized spacial score (nSPS) is 15.1. The van der Waals surface area contributed by atoms with E-state index in [1.54, 1.807) is 23.0 Å². The Morgan fingerprint density at radius 1 is 1.09 bits per heavy atom. The van der Waals surface area contributed by atoms with E-state index in [1.807, 2.05) is 47.3 Å². The van der Waals surface area contributed by atoms with Gasteiger partial charge in [0.1, 0.15) is 0 Å². The van der Waals surface area contributed by atoms with Gasteiger partial charge in [0.25, 0.3) is 5.56 Å². The summed E-state index contributed by atoms with van der Waals surface area (Å²) in [7, 11) is 2.17.